The number of fused-ring (bicyclic) bond motifs is 4. The summed E-state index contributed by atoms with van der Waals surface area (Å²) in [5, 5.41) is 3.95. The molecule has 8 heteroatoms. The molecule has 8 nitrogen and oxygen atoms in total. The molecule has 0 aromatic carbocycles. The van der Waals surface area contributed by atoms with Crippen LogP contribution in [0.25, 0.3) is 0 Å². The summed E-state index contributed by atoms with van der Waals surface area (Å²) in [6.07, 6.45) is 4.64. The van der Waals surface area contributed by atoms with Crippen LogP contribution >= 0.6 is 0 Å². The van der Waals surface area contributed by atoms with Crippen LogP contribution in [0, 0.1) is 13.8 Å². The average Bonchev–Trinajstić information content (AvgIpc) is 3.19. The lowest BCUT2D eigenvalue weighted by Crippen LogP contribution is -2.43. The van der Waals surface area contributed by atoms with Crippen LogP contribution in [0.1, 0.15) is 52.0 Å². The summed E-state index contributed by atoms with van der Waals surface area (Å²) in [6, 6.07) is 0.217. The van der Waals surface area contributed by atoms with Gasteiger partial charge in [-0.25, -0.2) is 9.97 Å². The van der Waals surface area contributed by atoms with Gasteiger partial charge in [-0.05, 0) is 26.7 Å². The lowest BCUT2D eigenvalue weighted by molar-refractivity contribution is 0.0641. The van der Waals surface area contributed by atoms with E-state index in [1.807, 2.05) is 18.0 Å². The van der Waals surface area contributed by atoms with Crippen molar-refractivity contribution in [2.45, 2.75) is 45.2 Å². The maximum absolute atomic E-state index is 13.3. The number of carbonyl (C=O) groups is 1. The van der Waals surface area contributed by atoms with Gasteiger partial charge in [0.25, 0.3) is 5.91 Å². The number of aryl methyl sites for hydroxylation is 2. The van der Waals surface area contributed by atoms with Crippen molar-refractivity contribution in [3.8, 4) is 0 Å². The molecular formula is C19H23N5O3. The Morgan fingerprint density at radius 1 is 1.22 bits per heavy atom. The number of morpholine rings is 1. The first-order valence-electron chi connectivity index (χ1n) is 9.57. The third-order valence-electron chi connectivity index (χ3n) is 5.95. The molecule has 0 spiro atoms. The second-order valence-corrected chi connectivity index (χ2v) is 7.53. The highest BCUT2D eigenvalue weighted by atomic mass is 16.5. The Morgan fingerprint density at radius 2 is 2.04 bits per heavy atom. The van der Waals surface area contributed by atoms with E-state index in [9.17, 15) is 4.79 Å². The monoisotopic (exact) mass is 369 g/mol. The standard InChI is InChI=1S/C19H23N5O3/c1-11-17(12(2)27-22-11)18(25)24-13-3-4-16(24)14-10-20-19(21-15(14)9-13)23-5-7-26-8-6-23/h10,13,16H,3-9H2,1-2H3/t13-,16+/m0/s1. The van der Waals surface area contributed by atoms with E-state index in [0.29, 0.717) is 30.2 Å². The van der Waals surface area contributed by atoms with Crippen LogP contribution in [0.15, 0.2) is 10.7 Å². The van der Waals surface area contributed by atoms with Crippen LogP contribution in [0.3, 0.4) is 0 Å². The van der Waals surface area contributed by atoms with Crippen molar-refractivity contribution < 1.29 is 14.1 Å². The van der Waals surface area contributed by atoms with E-state index in [4.69, 9.17) is 14.2 Å². The van der Waals surface area contributed by atoms with E-state index in [1.165, 1.54) is 0 Å². The Balaban J connectivity index is 1.46. The number of anilines is 1. The molecule has 2 atom stereocenters. The van der Waals surface area contributed by atoms with Crippen molar-refractivity contribution in [1.29, 1.82) is 0 Å². The molecular weight excluding hydrogens is 346 g/mol. The van der Waals surface area contributed by atoms with Crippen molar-refractivity contribution in [1.82, 2.24) is 20.0 Å². The molecule has 5 rings (SSSR count). The Morgan fingerprint density at radius 3 is 2.78 bits per heavy atom. The zero-order valence-electron chi connectivity index (χ0n) is 15.6. The van der Waals surface area contributed by atoms with Crippen LogP contribution in [0.4, 0.5) is 5.95 Å². The molecule has 2 aromatic rings. The van der Waals surface area contributed by atoms with E-state index in [1.54, 1.807) is 6.92 Å². The van der Waals surface area contributed by atoms with E-state index in [0.717, 1.165) is 49.6 Å². The van der Waals surface area contributed by atoms with E-state index >= 15 is 0 Å². The molecule has 0 aliphatic carbocycles. The molecule has 3 aliphatic heterocycles. The number of nitrogens with zero attached hydrogens (tertiary/aromatic N) is 5. The van der Waals surface area contributed by atoms with Gasteiger partial charge in [0.2, 0.25) is 5.95 Å². The first-order chi connectivity index (χ1) is 13.1. The molecule has 2 bridgehead atoms. The average molecular weight is 369 g/mol. The molecule has 2 saturated heterocycles. The minimum Gasteiger partial charge on any atom is -0.378 e. The first-order valence-corrected chi connectivity index (χ1v) is 9.57. The van der Waals surface area contributed by atoms with Gasteiger partial charge < -0.3 is 19.1 Å². The minimum absolute atomic E-state index is 0.0154. The number of aromatic nitrogens is 3. The summed E-state index contributed by atoms with van der Waals surface area (Å²) in [4.78, 5) is 26.9. The largest absolute Gasteiger partial charge is 0.378 e. The highest BCUT2D eigenvalue weighted by molar-refractivity contribution is 5.97. The number of amides is 1. The summed E-state index contributed by atoms with van der Waals surface area (Å²) in [6.45, 7) is 6.69. The van der Waals surface area contributed by atoms with Crippen LogP contribution < -0.4 is 4.90 Å². The minimum atomic E-state index is 0.0154. The van der Waals surface area contributed by atoms with E-state index < -0.39 is 0 Å². The fourth-order valence-electron chi connectivity index (χ4n) is 4.61. The van der Waals surface area contributed by atoms with Gasteiger partial charge in [-0.1, -0.05) is 5.16 Å². The lowest BCUT2D eigenvalue weighted by atomic mass is 9.98. The quantitative estimate of drug-likeness (QED) is 0.798. The van der Waals surface area contributed by atoms with Gasteiger partial charge in [-0.2, -0.15) is 0 Å². The highest BCUT2D eigenvalue weighted by Crippen LogP contribution is 2.44. The van der Waals surface area contributed by atoms with Crippen LogP contribution in [0.2, 0.25) is 0 Å². The van der Waals surface area contributed by atoms with Crippen LogP contribution in [-0.4, -0.2) is 58.3 Å². The zero-order valence-corrected chi connectivity index (χ0v) is 15.6. The normalized spacial score (nSPS) is 24.2. The Labute approximate surface area is 157 Å². The SMILES string of the molecule is Cc1noc(C)c1C(=O)N1[C@H]2CC[C@@H]1c1cnc(N3CCOCC3)nc1C2. The van der Waals surface area contributed by atoms with Crippen LogP contribution in [-0.2, 0) is 11.2 Å². The van der Waals surface area contributed by atoms with Crippen molar-refractivity contribution in [3.05, 3.63) is 34.5 Å². The van der Waals surface area contributed by atoms with Gasteiger partial charge in [0.15, 0.2) is 0 Å². The van der Waals surface area contributed by atoms with Gasteiger partial charge in [0.05, 0.1) is 30.6 Å². The number of rotatable bonds is 2. The second-order valence-electron chi connectivity index (χ2n) is 7.53. The molecule has 0 saturated carbocycles. The molecule has 27 heavy (non-hydrogen) atoms. The predicted octanol–water partition coefficient (Wildman–Crippen LogP) is 1.82. The molecule has 1 amide bonds. The van der Waals surface area contributed by atoms with Gasteiger partial charge >= 0.3 is 0 Å². The number of hydrogen-bond acceptors (Lipinski definition) is 7. The highest BCUT2D eigenvalue weighted by Gasteiger charge is 2.45. The molecule has 2 aromatic heterocycles. The maximum atomic E-state index is 13.3. The smallest absolute Gasteiger partial charge is 0.260 e. The third-order valence-corrected chi connectivity index (χ3v) is 5.95. The molecule has 0 unspecified atom stereocenters. The predicted molar refractivity (Wildman–Crippen MR) is 96.7 cm³/mol. The van der Waals surface area contributed by atoms with Gasteiger partial charge in [0, 0.05) is 37.3 Å². The fourth-order valence-corrected chi connectivity index (χ4v) is 4.61. The molecule has 0 radical (unpaired) electrons. The molecule has 5 heterocycles. The fraction of sp³-hybridized carbons (Fsp3) is 0.579. The van der Waals surface area contributed by atoms with Gasteiger partial charge in [-0.15, -0.1) is 0 Å². The lowest BCUT2D eigenvalue weighted by Gasteiger charge is -2.36. The Kier molecular flexibility index (Phi) is 3.89. The van der Waals surface area contributed by atoms with Crippen molar-refractivity contribution in [3.63, 3.8) is 0 Å². The first kappa shape index (κ1) is 16.7. The van der Waals surface area contributed by atoms with Crippen molar-refractivity contribution in [2.75, 3.05) is 31.2 Å². The molecule has 2 fully saturated rings. The van der Waals surface area contributed by atoms with Crippen molar-refractivity contribution in [2.24, 2.45) is 0 Å². The van der Waals surface area contributed by atoms with Gasteiger partial charge in [-0.3, -0.25) is 4.79 Å². The number of hydrogen-bond donors (Lipinski definition) is 0. The zero-order chi connectivity index (χ0) is 18.5. The number of ether oxygens (including phenoxy) is 1. The van der Waals surface area contributed by atoms with E-state index in [2.05, 4.69) is 15.0 Å². The summed E-state index contributed by atoms with van der Waals surface area (Å²) in [5.41, 5.74) is 3.42. The van der Waals surface area contributed by atoms with Crippen LogP contribution in [0.5, 0.6) is 0 Å². The summed E-state index contributed by atoms with van der Waals surface area (Å²) in [7, 11) is 0. The summed E-state index contributed by atoms with van der Waals surface area (Å²) >= 11 is 0. The number of carbonyl (C=O) groups excluding carboxylic acids is 1. The Bertz CT molecular complexity index is 870. The molecule has 142 valence electrons. The van der Waals surface area contributed by atoms with E-state index in [-0.39, 0.29) is 18.0 Å². The molecule has 3 aliphatic rings. The molecule has 0 N–H and O–H groups in total. The summed E-state index contributed by atoms with van der Waals surface area (Å²) < 4.78 is 10.6. The van der Waals surface area contributed by atoms with Crippen molar-refractivity contribution >= 4 is 11.9 Å². The second kappa shape index (κ2) is 6.30. The summed E-state index contributed by atoms with van der Waals surface area (Å²) in [5.74, 6) is 1.38. The Hall–Kier alpha value is -2.48. The third kappa shape index (κ3) is 2.62. The maximum Gasteiger partial charge on any atom is 0.260 e. The topological polar surface area (TPSA) is 84.6 Å². The van der Waals surface area contributed by atoms with Gasteiger partial charge in [0.1, 0.15) is 11.3 Å².